The van der Waals surface area contributed by atoms with Gasteiger partial charge < -0.3 is 24.5 Å². The van der Waals surface area contributed by atoms with Gasteiger partial charge in [-0.3, -0.25) is 19.1 Å². The number of aliphatic hydroxyl groups is 1. The van der Waals surface area contributed by atoms with Crippen LogP contribution in [-0.2, 0) is 22.6 Å². The fourth-order valence-electron chi connectivity index (χ4n) is 7.72. The average molecular weight is 673 g/mol. The molecule has 4 atom stereocenters. The lowest BCUT2D eigenvalue weighted by Crippen LogP contribution is -2.47. The van der Waals surface area contributed by atoms with Crippen LogP contribution in [0, 0.1) is 5.92 Å². The van der Waals surface area contributed by atoms with Gasteiger partial charge in [0.2, 0.25) is 0 Å². The zero-order chi connectivity index (χ0) is 34.4. The highest BCUT2D eigenvalue weighted by atomic mass is 16.7. The Balaban J connectivity index is 0.986. The molecule has 3 aliphatic heterocycles. The molecule has 4 unspecified atom stereocenters. The number of imidazole rings is 1. The number of piperidine rings is 1. The van der Waals surface area contributed by atoms with Crippen LogP contribution >= 0.6 is 0 Å². The molecular weight excluding hydrogens is 632 g/mol. The quantitative estimate of drug-likeness (QED) is 0.202. The minimum atomic E-state index is -0.630. The normalized spacial score (nSPS) is 23.1. The molecule has 3 aliphatic rings. The smallest absolute Gasteiger partial charge is 0.326 e. The highest BCUT2D eigenvalue weighted by Gasteiger charge is 2.40. The Hall–Kier alpha value is -4.87. The van der Waals surface area contributed by atoms with Gasteiger partial charge in [-0.25, -0.2) is 4.79 Å². The number of rotatable bonds is 8. The Morgan fingerprint density at radius 1 is 0.760 bits per heavy atom. The number of benzene rings is 4. The number of nitrogens with one attached hydrogen (secondary N) is 1. The second kappa shape index (κ2) is 13.4. The molecule has 2 amide bonds. The van der Waals surface area contributed by atoms with Crippen molar-refractivity contribution >= 4 is 22.8 Å². The number of imide groups is 1. The number of carbonyl (C=O) groups is 2. The van der Waals surface area contributed by atoms with E-state index in [-0.39, 0.29) is 54.8 Å². The summed E-state index contributed by atoms with van der Waals surface area (Å²) in [5.41, 5.74) is 6.17. The van der Waals surface area contributed by atoms with Crippen molar-refractivity contribution in [3.63, 3.8) is 0 Å². The number of hydrogen-bond acceptors (Lipinski definition) is 7. The van der Waals surface area contributed by atoms with Crippen molar-refractivity contribution in [2.24, 2.45) is 5.92 Å². The third-order valence-electron chi connectivity index (χ3n) is 10.6. The minimum Gasteiger partial charge on any atom is -0.392 e. The summed E-state index contributed by atoms with van der Waals surface area (Å²) < 4.78 is 15.3. The van der Waals surface area contributed by atoms with Crippen LogP contribution < -0.4 is 5.69 Å². The second-order valence-electron chi connectivity index (χ2n) is 13.7. The van der Waals surface area contributed by atoms with Gasteiger partial charge in [-0.2, -0.15) is 0 Å². The maximum absolute atomic E-state index is 12.9. The number of hydrogen-bond donors (Lipinski definition) is 2. The van der Waals surface area contributed by atoms with E-state index in [1.165, 1.54) is 4.90 Å². The lowest BCUT2D eigenvalue weighted by atomic mass is 9.89. The molecule has 0 saturated carbocycles. The van der Waals surface area contributed by atoms with Crippen molar-refractivity contribution in [2.75, 3.05) is 19.6 Å². The molecule has 8 rings (SSSR count). The Kier molecular flexibility index (Phi) is 8.70. The summed E-state index contributed by atoms with van der Waals surface area (Å²) in [4.78, 5) is 45.5. The number of para-hydroxylation sites is 2. The molecule has 2 fully saturated rings. The van der Waals surface area contributed by atoms with Gasteiger partial charge in [0.15, 0.2) is 6.29 Å². The summed E-state index contributed by atoms with van der Waals surface area (Å²) in [6.45, 7) is 4.73. The minimum absolute atomic E-state index is 0.0244. The van der Waals surface area contributed by atoms with E-state index in [4.69, 9.17) is 9.47 Å². The Labute approximate surface area is 289 Å². The van der Waals surface area contributed by atoms with E-state index in [2.05, 4.69) is 16.8 Å². The third-order valence-corrected chi connectivity index (χ3v) is 10.6. The van der Waals surface area contributed by atoms with Crippen LogP contribution in [-0.4, -0.2) is 62.0 Å². The van der Waals surface area contributed by atoms with Gasteiger partial charge in [-0.05, 0) is 53.8 Å². The topological polar surface area (TPSA) is 117 Å². The molecule has 2 saturated heterocycles. The molecule has 10 heteroatoms. The highest BCUT2D eigenvalue weighted by molar-refractivity contribution is 6.21. The van der Waals surface area contributed by atoms with Crippen LogP contribution in [0.1, 0.15) is 81.2 Å². The molecule has 0 radical (unpaired) electrons. The molecule has 50 heavy (non-hydrogen) atoms. The van der Waals surface area contributed by atoms with E-state index >= 15 is 0 Å². The number of amides is 2. The SMILES string of the molecule is CC1C(CN2CCC(n3c(=O)[nH]c4ccccc43)CC2)OC(c2ccc(CN3C(=O)c4ccccc4C3=O)cc2)OC1c1ccc(CO)cc1. The van der Waals surface area contributed by atoms with Gasteiger partial charge in [0.25, 0.3) is 11.8 Å². The van der Waals surface area contributed by atoms with Crippen molar-refractivity contribution in [1.29, 1.82) is 0 Å². The summed E-state index contributed by atoms with van der Waals surface area (Å²) in [5.74, 6) is -0.524. The number of ether oxygens (including phenoxy) is 2. The first-order chi connectivity index (χ1) is 24.4. The fourth-order valence-corrected chi connectivity index (χ4v) is 7.72. The van der Waals surface area contributed by atoms with Crippen LogP contribution in [0.25, 0.3) is 11.0 Å². The first kappa shape index (κ1) is 32.3. The number of fused-ring (bicyclic) bond motifs is 2. The maximum atomic E-state index is 12.9. The van der Waals surface area contributed by atoms with Crippen molar-refractivity contribution < 1.29 is 24.2 Å². The van der Waals surface area contributed by atoms with E-state index in [9.17, 15) is 19.5 Å². The van der Waals surface area contributed by atoms with E-state index in [0.29, 0.717) is 11.1 Å². The van der Waals surface area contributed by atoms with E-state index in [1.807, 2.05) is 77.4 Å². The van der Waals surface area contributed by atoms with Crippen LogP contribution in [0.2, 0.25) is 0 Å². The monoisotopic (exact) mass is 672 g/mol. The van der Waals surface area contributed by atoms with Crippen molar-refractivity contribution in [3.8, 4) is 0 Å². The maximum Gasteiger partial charge on any atom is 0.326 e. The fraction of sp³-hybridized carbons (Fsp3) is 0.325. The Bertz CT molecular complexity index is 2040. The highest BCUT2D eigenvalue weighted by Crippen LogP contribution is 2.42. The summed E-state index contributed by atoms with van der Waals surface area (Å²) in [6.07, 6.45) is 0.718. The number of aromatic amines is 1. The molecule has 4 heterocycles. The molecule has 0 bridgehead atoms. The first-order valence-electron chi connectivity index (χ1n) is 17.3. The molecule has 4 aromatic carbocycles. The Morgan fingerprint density at radius 3 is 2.06 bits per heavy atom. The largest absolute Gasteiger partial charge is 0.392 e. The lowest BCUT2D eigenvalue weighted by molar-refractivity contribution is -0.276. The molecular formula is C40H40N4O6. The molecule has 1 aromatic heterocycles. The van der Waals surface area contributed by atoms with Crippen LogP contribution in [0.3, 0.4) is 0 Å². The van der Waals surface area contributed by atoms with Crippen molar-refractivity contribution in [3.05, 3.63) is 141 Å². The second-order valence-corrected chi connectivity index (χ2v) is 13.7. The summed E-state index contributed by atoms with van der Waals surface area (Å²) >= 11 is 0. The van der Waals surface area contributed by atoms with E-state index in [0.717, 1.165) is 65.8 Å². The lowest BCUT2D eigenvalue weighted by Gasteiger charge is -2.44. The number of likely N-dealkylation sites (tertiary alicyclic amines) is 1. The number of carbonyl (C=O) groups excluding carboxylic acids is 2. The van der Waals surface area contributed by atoms with Gasteiger partial charge in [0.1, 0.15) is 0 Å². The van der Waals surface area contributed by atoms with Gasteiger partial charge in [-0.15, -0.1) is 0 Å². The molecule has 10 nitrogen and oxygen atoms in total. The summed E-state index contributed by atoms with van der Waals surface area (Å²) in [6, 6.07) is 30.5. The number of nitrogens with zero attached hydrogens (tertiary/aromatic N) is 3. The van der Waals surface area contributed by atoms with E-state index < -0.39 is 6.29 Å². The number of aromatic nitrogens is 2. The number of H-pyrrole nitrogens is 1. The third kappa shape index (κ3) is 5.98. The standard InChI is InChI=1S/C40H40N4O6/c1-25-35(23-42-20-18-30(19-21-42)44-34-9-5-4-8-33(34)41-40(44)48)49-39(50-36(25)28-14-12-27(24-45)13-15-28)29-16-10-26(11-17-29)22-43-37(46)31-6-2-3-7-32(31)38(43)47/h2-17,25,30,35-36,39,45H,18-24H2,1H3,(H,41,48). The first-order valence-corrected chi connectivity index (χ1v) is 17.3. The summed E-state index contributed by atoms with van der Waals surface area (Å²) in [7, 11) is 0. The average Bonchev–Trinajstić information content (AvgIpc) is 3.61. The van der Waals surface area contributed by atoms with Gasteiger partial charge in [-0.1, -0.05) is 79.7 Å². The zero-order valence-electron chi connectivity index (χ0n) is 27.9. The van der Waals surface area contributed by atoms with Crippen LogP contribution in [0.4, 0.5) is 0 Å². The zero-order valence-corrected chi connectivity index (χ0v) is 27.9. The predicted molar refractivity (Wildman–Crippen MR) is 187 cm³/mol. The predicted octanol–water partition coefficient (Wildman–Crippen LogP) is 5.75. The van der Waals surface area contributed by atoms with Gasteiger partial charge >= 0.3 is 5.69 Å². The molecule has 0 aliphatic carbocycles. The van der Waals surface area contributed by atoms with Crippen LogP contribution in [0.15, 0.2) is 102 Å². The Morgan fingerprint density at radius 2 is 1.38 bits per heavy atom. The van der Waals surface area contributed by atoms with Gasteiger partial charge in [0.05, 0.1) is 47.5 Å². The van der Waals surface area contributed by atoms with E-state index in [1.54, 1.807) is 24.3 Å². The van der Waals surface area contributed by atoms with Gasteiger partial charge in [0, 0.05) is 37.2 Å². The van der Waals surface area contributed by atoms with Crippen molar-refractivity contribution in [2.45, 2.75) is 57.5 Å². The molecule has 2 N–H and O–H groups in total. The van der Waals surface area contributed by atoms with Crippen molar-refractivity contribution in [1.82, 2.24) is 19.4 Å². The molecule has 0 spiro atoms. The molecule has 256 valence electrons. The molecule has 5 aromatic rings. The number of aliphatic hydroxyl groups excluding tert-OH is 1. The summed E-state index contributed by atoms with van der Waals surface area (Å²) in [5, 5.41) is 9.62. The van der Waals surface area contributed by atoms with Crippen LogP contribution in [0.5, 0.6) is 0 Å².